The van der Waals surface area contributed by atoms with Crippen LogP contribution in [0.5, 0.6) is 0 Å². The lowest BCUT2D eigenvalue weighted by molar-refractivity contribution is -0.142. The van der Waals surface area contributed by atoms with Gasteiger partial charge in [-0.05, 0) is 18.4 Å². The lowest BCUT2D eigenvalue weighted by atomic mass is 10.1. The Hall–Kier alpha value is -3.32. The molecule has 3 amide bonds. The number of rotatable bonds is 14. The summed E-state index contributed by atoms with van der Waals surface area (Å²) in [6.45, 7) is -0.0885. The predicted octanol–water partition coefficient (Wildman–Crippen LogP) is -2.29. The van der Waals surface area contributed by atoms with Gasteiger partial charge in [0.15, 0.2) is 5.96 Å². The maximum atomic E-state index is 12.7. The first-order valence-corrected chi connectivity index (χ1v) is 10.8. The third-order valence-electron chi connectivity index (χ3n) is 4.50. The van der Waals surface area contributed by atoms with Crippen LogP contribution in [0, 0.1) is 0 Å². The summed E-state index contributed by atoms with van der Waals surface area (Å²) in [7, 11) is 0. The first kappa shape index (κ1) is 27.7. The molecule has 1 aromatic carbocycles. The maximum absolute atomic E-state index is 12.7. The van der Waals surface area contributed by atoms with Crippen molar-refractivity contribution in [1.82, 2.24) is 16.0 Å². The number of carboxylic acids is 1. The molecule has 0 aliphatic rings. The molecule has 0 aromatic heterocycles. The van der Waals surface area contributed by atoms with Crippen molar-refractivity contribution in [1.29, 1.82) is 0 Å². The fraction of sp³-hybridized carbons (Fsp3) is 0.450. The zero-order valence-electron chi connectivity index (χ0n) is 18.1. The topological polar surface area (TPSA) is 215 Å². The standard InChI is InChI=1S/C20H31N7O5S/c21-10-16(28)25-13(7-4-8-24-20(22)23)17(29)27-15(11-33)18(30)26-14(19(31)32)9-12-5-2-1-3-6-12/h1-3,5-6,13-15,33H,4,7-11,21H2,(H,25,28)(H,26,30)(H,27,29)(H,31,32)(H4,22,23,24). The molecule has 0 fully saturated rings. The molecule has 0 saturated carbocycles. The normalized spacial score (nSPS) is 13.2. The van der Waals surface area contributed by atoms with Gasteiger partial charge in [-0.15, -0.1) is 0 Å². The highest BCUT2D eigenvalue weighted by Gasteiger charge is 2.28. The smallest absolute Gasteiger partial charge is 0.326 e. The van der Waals surface area contributed by atoms with Crippen molar-refractivity contribution >= 4 is 42.3 Å². The minimum atomic E-state index is -1.22. The van der Waals surface area contributed by atoms with Gasteiger partial charge >= 0.3 is 5.97 Å². The molecule has 10 N–H and O–H groups in total. The summed E-state index contributed by atoms with van der Waals surface area (Å²) in [4.78, 5) is 52.5. The number of nitrogens with zero attached hydrogens (tertiary/aromatic N) is 1. The van der Waals surface area contributed by atoms with Crippen molar-refractivity contribution in [2.45, 2.75) is 37.4 Å². The van der Waals surface area contributed by atoms with Gasteiger partial charge in [0.05, 0.1) is 6.54 Å². The molecular formula is C20H31N7O5S. The van der Waals surface area contributed by atoms with E-state index in [0.29, 0.717) is 6.42 Å². The molecule has 33 heavy (non-hydrogen) atoms. The minimum absolute atomic E-state index is 0.0646. The number of aliphatic carboxylic acids is 1. The van der Waals surface area contributed by atoms with E-state index in [1.807, 2.05) is 0 Å². The number of hydrogen-bond acceptors (Lipinski definition) is 7. The number of guanidine groups is 1. The number of aliphatic imine (C=N–C) groups is 1. The molecule has 0 aliphatic heterocycles. The predicted molar refractivity (Wildman–Crippen MR) is 126 cm³/mol. The number of carboxylic acid groups (broad SMARTS) is 1. The number of carbonyl (C=O) groups is 4. The molecule has 1 rings (SSSR count). The van der Waals surface area contributed by atoms with Crippen LogP contribution in [-0.2, 0) is 25.6 Å². The third kappa shape index (κ3) is 10.7. The van der Waals surface area contributed by atoms with Crippen LogP contribution in [0.3, 0.4) is 0 Å². The molecule has 0 heterocycles. The van der Waals surface area contributed by atoms with Crippen LogP contribution in [0.1, 0.15) is 18.4 Å². The Labute approximate surface area is 197 Å². The van der Waals surface area contributed by atoms with E-state index in [9.17, 15) is 24.3 Å². The molecule has 13 heteroatoms. The lowest BCUT2D eigenvalue weighted by Gasteiger charge is -2.23. The van der Waals surface area contributed by atoms with Crippen molar-refractivity contribution < 1.29 is 24.3 Å². The van der Waals surface area contributed by atoms with Crippen molar-refractivity contribution in [3.63, 3.8) is 0 Å². The monoisotopic (exact) mass is 481 g/mol. The largest absolute Gasteiger partial charge is 0.480 e. The zero-order chi connectivity index (χ0) is 24.8. The summed E-state index contributed by atoms with van der Waals surface area (Å²) in [5.74, 6) is -3.34. The second kappa shape index (κ2) is 14.7. The maximum Gasteiger partial charge on any atom is 0.326 e. The van der Waals surface area contributed by atoms with E-state index in [-0.39, 0.29) is 37.6 Å². The van der Waals surface area contributed by atoms with Gasteiger partial charge in [0, 0.05) is 18.7 Å². The molecule has 0 radical (unpaired) electrons. The fourth-order valence-corrected chi connectivity index (χ4v) is 3.07. The number of carbonyl (C=O) groups excluding carboxylic acids is 3. The van der Waals surface area contributed by atoms with Gasteiger partial charge in [-0.3, -0.25) is 19.4 Å². The minimum Gasteiger partial charge on any atom is -0.480 e. The fourth-order valence-electron chi connectivity index (χ4n) is 2.81. The second-order valence-corrected chi connectivity index (χ2v) is 7.47. The molecule has 182 valence electrons. The van der Waals surface area contributed by atoms with Gasteiger partial charge in [0.2, 0.25) is 17.7 Å². The van der Waals surface area contributed by atoms with E-state index in [1.54, 1.807) is 30.3 Å². The first-order chi connectivity index (χ1) is 15.7. The summed E-state index contributed by atoms with van der Waals surface area (Å²) in [6.07, 6.45) is 0.618. The number of nitrogens with one attached hydrogen (secondary N) is 3. The van der Waals surface area contributed by atoms with Gasteiger partial charge in [-0.1, -0.05) is 30.3 Å². The average molecular weight is 482 g/mol. The highest BCUT2D eigenvalue weighted by atomic mass is 32.1. The Balaban J connectivity index is 2.81. The van der Waals surface area contributed by atoms with E-state index in [1.165, 1.54) is 0 Å². The van der Waals surface area contributed by atoms with E-state index >= 15 is 0 Å². The lowest BCUT2D eigenvalue weighted by Crippen LogP contribution is -2.57. The van der Waals surface area contributed by atoms with E-state index in [0.717, 1.165) is 5.56 Å². The Kier molecular flexibility index (Phi) is 12.3. The summed E-state index contributed by atoms with van der Waals surface area (Å²) >= 11 is 4.09. The van der Waals surface area contributed by atoms with Gasteiger partial charge in [0.25, 0.3) is 0 Å². The number of hydrogen-bond donors (Lipinski definition) is 8. The van der Waals surface area contributed by atoms with Crippen molar-refractivity contribution in [2.24, 2.45) is 22.2 Å². The molecule has 0 bridgehead atoms. The van der Waals surface area contributed by atoms with Crippen molar-refractivity contribution in [3.8, 4) is 0 Å². The van der Waals surface area contributed by atoms with Crippen LogP contribution < -0.4 is 33.2 Å². The average Bonchev–Trinajstić information content (AvgIpc) is 2.78. The molecule has 3 atom stereocenters. The quantitative estimate of drug-likeness (QED) is 0.0624. The van der Waals surface area contributed by atoms with Crippen LogP contribution in [0.4, 0.5) is 0 Å². The Morgan fingerprint density at radius 1 is 0.970 bits per heavy atom. The van der Waals surface area contributed by atoms with Crippen molar-refractivity contribution in [2.75, 3.05) is 18.8 Å². The van der Waals surface area contributed by atoms with Gasteiger partial charge in [-0.2, -0.15) is 12.6 Å². The highest BCUT2D eigenvalue weighted by molar-refractivity contribution is 7.80. The molecule has 3 unspecified atom stereocenters. The molecule has 0 spiro atoms. The number of amides is 3. The molecule has 0 aliphatic carbocycles. The summed E-state index contributed by atoms with van der Waals surface area (Å²) in [5.41, 5.74) is 16.6. The van der Waals surface area contributed by atoms with E-state index < -0.39 is 41.8 Å². The molecule has 1 aromatic rings. The molecule has 0 saturated heterocycles. The second-order valence-electron chi connectivity index (χ2n) is 7.11. The van der Waals surface area contributed by atoms with Crippen LogP contribution in [0.25, 0.3) is 0 Å². The van der Waals surface area contributed by atoms with Gasteiger partial charge in [-0.25, -0.2) is 4.79 Å². The van der Waals surface area contributed by atoms with Gasteiger partial charge in [0.1, 0.15) is 18.1 Å². The third-order valence-corrected chi connectivity index (χ3v) is 4.86. The zero-order valence-corrected chi connectivity index (χ0v) is 19.0. The van der Waals surface area contributed by atoms with Gasteiger partial charge < -0.3 is 38.3 Å². The SMILES string of the molecule is NCC(=O)NC(CCCN=C(N)N)C(=O)NC(CS)C(=O)NC(Cc1ccccc1)C(=O)O. The molecular weight excluding hydrogens is 450 g/mol. The van der Waals surface area contributed by atoms with Crippen LogP contribution in [-0.4, -0.2) is 71.7 Å². The highest BCUT2D eigenvalue weighted by Crippen LogP contribution is 2.05. The van der Waals surface area contributed by atoms with Crippen LogP contribution >= 0.6 is 12.6 Å². The van der Waals surface area contributed by atoms with E-state index in [2.05, 4.69) is 33.6 Å². The first-order valence-electron chi connectivity index (χ1n) is 10.2. The van der Waals surface area contributed by atoms with E-state index in [4.69, 9.17) is 17.2 Å². The van der Waals surface area contributed by atoms with Crippen LogP contribution in [0.15, 0.2) is 35.3 Å². The molecule has 12 nitrogen and oxygen atoms in total. The summed E-state index contributed by atoms with van der Waals surface area (Å²) < 4.78 is 0. The summed E-state index contributed by atoms with van der Waals surface area (Å²) in [6, 6.07) is 5.47. The Morgan fingerprint density at radius 2 is 1.58 bits per heavy atom. The number of nitrogens with two attached hydrogens (primary N) is 3. The van der Waals surface area contributed by atoms with Crippen LogP contribution in [0.2, 0.25) is 0 Å². The summed E-state index contributed by atoms with van der Waals surface area (Å²) in [5, 5.41) is 16.9. The Bertz CT molecular complexity index is 833. The number of benzene rings is 1. The number of thiol groups is 1. The van der Waals surface area contributed by atoms with Crippen molar-refractivity contribution in [3.05, 3.63) is 35.9 Å². The Morgan fingerprint density at radius 3 is 2.12 bits per heavy atom.